The Morgan fingerprint density at radius 2 is 1.87 bits per heavy atom. The maximum atomic E-state index is 15.0. The number of hydrogen-bond acceptors (Lipinski definition) is 7. The molecular formula is C27H34FN3O6S. The first-order chi connectivity index (χ1) is 17.8. The minimum Gasteiger partial charge on any atom is -0.459 e. The molecule has 2 aliphatic rings. The van der Waals surface area contributed by atoms with Crippen molar-refractivity contribution in [3.63, 3.8) is 0 Å². The number of para-hydroxylation sites is 1. The van der Waals surface area contributed by atoms with Crippen molar-refractivity contribution in [1.29, 1.82) is 0 Å². The molecule has 2 fully saturated rings. The van der Waals surface area contributed by atoms with Crippen LogP contribution in [0.15, 0.2) is 47.4 Å². The molecule has 0 unspecified atom stereocenters. The highest BCUT2D eigenvalue weighted by molar-refractivity contribution is 7.89. The number of nitrogens with zero attached hydrogens (tertiary/aromatic N) is 3. The number of benzene rings is 2. The maximum Gasteiger partial charge on any atom is 0.324 e. The molecule has 2 aromatic carbocycles. The standard InChI is InChI=1S/C27H34FN3O6S/c1-18-17-29(13-14-30(18)38(35,36)25-8-6-5-7-23(25)31(33)34)24(26(32)37-27(2,3)4)16-21-12-11-20(15-22(21)28)19-9-10-19/h5-8,11-12,15,18-19,24H,9-10,13-14,16-17H2,1-4H3/t18-,24-/m0/s1. The van der Waals surface area contributed by atoms with Gasteiger partial charge in [0.1, 0.15) is 17.5 Å². The lowest BCUT2D eigenvalue weighted by Gasteiger charge is -2.42. The molecule has 1 heterocycles. The normalized spacial score (nSPS) is 20.2. The van der Waals surface area contributed by atoms with Crippen LogP contribution in [0.5, 0.6) is 0 Å². The molecule has 38 heavy (non-hydrogen) atoms. The van der Waals surface area contributed by atoms with E-state index < -0.39 is 44.3 Å². The van der Waals surface area contributed by atoms with Crippen LogP contribution in [0.2, 0.25) is 0 Å². The van der Waals surface area contributed by atoms with Gasteiger partial charge in [-0.1, -0.05) is 24.3 Å². The number of sulfonamides is 1. The number of ether oxygens (including phenoxy) is 1. The molecule has 1 saturated carbocycles. The van der Waals surface area contributed by atoms with Crippen molar-refractivity contribution in [2.75, 3.05) is 19.6 Å². The molecule has 1 aliphatic carbocycles. The van der Waals surface area contributed by atoms with Gasteiger partial charge in [0.2, 0.25) is 10.0 Å². The molecule has 0 bridgehead atoms. The van der Waals surface area contributed by atoms with Crippen LogP contribution in [0.3, 0.4) is 0 Å². The zero-order chi connectivity index (χ0) is 27.8. The van der Waals surface area contributed by atoms with Gasteiger partial charge in [0.05, 0.1) is 4.92 Å². The molecule has 1 aliphatic heterocycles. The molecule has 0 amide bonds. The third-order valence-electron chi connectivity index (χ3n) is 6.91. The molecule has 1 saturated heterocycles. The second-order valence-electron chi connectivity index (χ2n) is 11.1. The molecule has 0 radical (unpaired) electrons. The van der Waals surface area contributed by atoms with E-state index in [4.69, 9.17) is 4.74 Å². The zero-order valence-electron chi connectivity index (χ0n) is 22.1. The number of nitro groups is 1. The summed E-state index contributed by atoms with van der Waals surface area (Å²) in [6, 6.07) is 9.00. The van der Waals surface area contributed by atoms with Gasteiger partial charge in [0.15, 0.2) is 4.90 Å². The van der Waals surface area contributed by atoms with Gasteiger partial charge in [-0.05, 0) is 69.7 Å². The fraction of sp³-hybridized carbons (Fsp3) is 0.519. The molecule has 11 heteroatoms. The molecule has 9 nitrogen and oxygen atoms in total. The lowest BCUT2D eigenvalue weighted by molar-refractivity contribution is -0.387. The molecule has 0 N–H and O–H groups in total. The third-order valence-corrected chi connectivity index (χ3v) is 8.97. The van der Waals surface area contributed by atoms with E-state index in [1.165, 1.54) is 22.5 Å². The summed E-state index contributed by atoms with van der Waals surface area (Å²) in [4.78, 5) is 25.5. The van der Waals surface area contributed by atoms with Crippen LogP contribution in [0.4, 0.5) is 10.1 Å². The van der Waals surface area contributed by atoms with Gasteiger partial charge in [-0.15, -0.1) is 0 Å². The molecule has 2 aromatic rings. The van der Waals surface area contributed by atoms with Crippen LogP contribution < -0.4 is 0 Å². The summed E-state index contributed by atoms with van der Waals surface area (Å²) in [5.41, 5.74) is 0.112. The van der Waals surface area contributed by atoms with Gasteiger partial charge >= 0.3 is 5.97 Å². The van der Waals surface area contributed by atoms with Crippen LogP contribution in [0.25, 0.3) is 0 Å². The monoisotopic (exact) mass is 547 g/mol. The molecule has 2 atom stereocenters. The second-order valence-corrected chi connectivity index (χ2v) is 12.9. The Hall–Kier alpha value is -2.89. The first-order valence-electron chi connectivity index (χ1n) is 12.8. The highest BCUT2D eigenvalue weighted by atomic mass is 32.2. The van der Waals surface area contributed by atoms with E-state index in [1.807, 2.05) is 11.0 Å². The van der Waals surface area contributed by atoms with E-state index in [0.717, 1.165) is 24.5 Å². The second kappa shape index (κ2) is 10.7. The highest BCUT2D eigenvalue weighted by Crippen LogP contribution is 2.40. The smallest absolute Gasteiger partial charge is 0.324 e. The number of hydrogen-bond donors (Lipinski definition) is 0. The van der Waals surface area contributed by atoms with Gasteiger partial charge < -0.3 is 4.74 Å². The summed E-state index contributed by atoms with van der Waals surface area (Å²) >= 11 is 0. The number of piperazine rings is 1. The minimum atomic E-state index is -4.17. The Kier molecular flexibility index (Phi) is 7.92. The van der Waals surface area contributed by atoms with Crippen molar-refractivity contribution in [3.8, 4) is 0 Å². The van der Waals surface area contributed by atoms with Crippen molar-refractivity contribution in [2.45, 2.75) is 75.5 Å². The third kappa shape index (κ3) is 6.22. The van der Waals surface area contributed by atoms with Crippen LogP contribution in [0.1, 0.15) is 57.6 Å². The van der Waals surface area contributed by atoms with Crippen molar-refractivity contribution < 1.29 is 27.3 Å². The summed E-state index contributed by atoms with van der Waals surface area (Å²) < 4.78 is 48.8. The minimum absolute atomic E-state index is 0.0119. The number of halogens is 1. The molecule has 4 rings (SSSR count). The Morgan fingerprint density at radius 3 is 2.45 bits per heavy atom. The van der Waals surface area contributed by atoms with Gasteiger partial charge in [0.25, 0.3) is 5.69 Å². The van der Waals surface area contributed by atoms with E-state index in [1.54, 1.807) is 39.8 Å². The van der Waals surface area contributed by atoms with E-state index in [0.29, 0.717) is 11.5 Å². The van der Waals surface area contributed by atoms with Gasteiger partial charge in [-0.25, -0.2) is 12.8 Å². The van der Waals surface area contributed by atoms with Gasteiger partial charge in [-0.3, -0.25) is 19.8 Å². The lowest BCUT2D eigenvalue weighted by atomic mass is 9.99. The molecule has 0 spiro atoms. The van der Waals surface area contributed by atoms with Crippen LogP contribution in [-0.4, -0.2) is 65.8 Å². The van der Waals surface area contributed by atoms with E-state index >= 15 is 4.39 Å². The first-order valence-corrected chi connectivity index (χ1v) is 14.2. The number of rotatable bonds is 8. The number of carbonyl (C=O) groups excluding carboxylic acids is 1. The van der Waals surface area contributed by atoms with Crippen molar-refractivity contribution >= 4 is 21.7 Å². The lowest BCUT2D eigenvalue weighted by Crippen LogP contribution is -2.58. The zero-order valence-corrected chi connectivity index (χ0v) is 22.9. The SMILES string of the molecule is C[C@H]1CN([C@@H](Cc2ccc(C3CC3)cc2F)C(=O)OC(C)(C)C)CCN1S(=O)(=O)c1ccccc1[N+](=O)[O-]. The van der Waals surface area contributed by atoms with E-state index in [2.05, 4.69) is 0 Å². The van der Waals surface area contributed by atoms with Crippen molar-refractivity contribution in [2.24, 2.45) is 0 Å². The van der Waals surface area contributed by atoms with Gasteiger partial charge in [-0.2, -0.15) is 4.31 Å². The Labute approximate surface area is 222 Å². The summed E-state index contributed by atoms with van der Waals surface area (Å²) in [7, 11) is -4.17. The van der Waals surface area contributed by atoms with E-state index in [9.17, 15) is 23.3 Å². The van der Waals surface area contributed by atoms with E-state index in [-0.39, 0.29) is 36.8 Å². The number of esters is 1. The van der Waals surface area contributed by atoms with Crippen molar-refractivity contribution in [1.82, 2.24) is 9.21 Å². The maximum absolute atomic E-state index is 15.0. The summed E-state index contributed by atoms with van der Waals surface area (Å²) in [6.45, 7) is 7.32. The predicted molar refractivity (Wildman–Crippen MR) is 140 cm³/mol. The largest absolute Gasteiger partial charge is 0.459 e. The average molecular weight is 548 g/mol. The summed E-state index contributed by atoms with van der Waals surface area (Å²) in [6.07, 6.45) is 2.18. The molecule has 0 aromatic heterocycles. The predicted octanol–water partition coefficient (Wildman–Crippen LogP) is 4.26. The van der Waals surface area contributed by atoms with Crippen molar-refractivity contribution in [3.05, 3.63) is 69.5 Å². The Morgan fingerprint density at radius 1 is 1.18 bits per heavy atom. The number of carbonyl (C=O) groups is 1. The fourth-order valence-corrected chi connectivity index (χ4v) is 6.67. The molecular weight excluding hydrogens is 513 g/mol. The van der Waals surface area contributed by atoms with Crippen LogP contribution >= 0.6 is 0 Å². The van der Waals surface area contributed by atoms with Crippen LogP contribution in [0, 0.1) is 15.9 Å². The summed E-state index contributed by atoms with van der Waals surface area (Å²) in [5.74, 6) is -0.476. The number of nitro benzene ring substituents is 1. The quantitative estimate of drug-likeness (QED) is 0.276. The first kappa shape index (κ1) is 28.1. The Bertz CT molecular complexity index is 1320. The van der Waals surface area contributed by atoms with Gasteiger partial charge in [0, 0.05) is 38.2 Å². The topological polar surface area (TPSA) is 110 Å². The van der Waals surface area contributed by atoms with Crippen LogP contribution in [-0.2, 0) is 26.0 Å². The average Bonchev–Trinajstić information content (AvgIpc) is 3.67. The highest BCUT2D eigenvalue weighted by Gasteiger charge is 2.41. The molecule has 206 valence electrons. The Balaban J connectivity index is 1.57. The summed E-state index contributed by atoms with van der Waals surface area (Å²) in [5, 5.41) is 11.5. The fourth-order valence-electron chi connectivity index (χ4n) is 4.90.